The van der Waals surface area contributed by atoms with Crippen molar-refractivity contribution in [3.63, 3.8) is 0 Å². The fourth-order valence-electron chi connectivity index (χ4n) is 4.78. The molecule has 7 heteroatoms. The first kappa shape index (κ1) is 18.7. The summed E-state index contributed by atoms with van der Waals surface area (Å²) in [6, 6.07) is 12.2. The van der Waals surface area contributed by atoms with Crippen LogP contribution in [-0.4, -0.2) is 29.6 Å². The standard InChI is InChI=1S/C25H22N4O3/c1-12-21(14(3)32-29-12)17-9-18-16(10-20(17)30-4)23-24(26-11-27-25(23)28-18)22-13(2)31-19-8-6-5-7-15(19)22/h5-10,27-28H,11H2,1-4H3. The van der Waals surface area contributed by atoms with Crippen LogP contribution in [0.25, 0.3) is 33.0 Å². The lowest BCUT2D eigenvalue weighted by Crippen LogP contribution is -2.16. The number of H-pyrrole nitrogens is 1. The van der Waals surface area contributed by atoms with E-state index >= 15 is 0 Å². The zero-order valence-electron chi connectivity index (χ0n) is 18.3. The predicted molar refractivity (Wildman–Crippen MR) is 125 cm³/mol. The van der Waals surface area contributed by atoms with E-state index < -0.39 is 0 Å². The Bertz CT molecular complexity index is 1530. The summed E-state index contributed by atoms with van der Waals surface area (Å²) in [4.78, 5) is 8.40. The van der Waals surface area contributed by atoms with Crippen LogP contribution in [0.4, 0.5) is 5.82 Å². The number of hydrogen-bond acceptors (Lipinski definition) is 6. The van der Waals surface area contributed by atoms with Crippen LogP contribution < -0.4 is 10.1 Å². The molecule has 0 bridgehead atoms. The Kier molecular flexibility index (Phi) is 3.95. The number of nitrogens with one attached hydrogen (secondary N) is 2. The number of rotatable bonds is 3. The number of aromatic nitrogens is 2. The van der Waals surface area contributed by atoms with Crippen molar-refractivity contribution in [1.82, 2.24) is 10.1 Å². The van der Waals surface area contributed by atoms with E-state index in [1.807, 2.05) is 39.0 Å². The van der Waals surface area contributed by atoms with Gasteiger partial charge in [-0.2, -0.15) is 0 Å². The highest BCUT2D eigenvalue weighted by molar-refractivity contribution is 6.27. The molecular formula is C25H22N4O3. The van der Waals surface area contributed by atoms with Crippen molar-refractivity contribution in [2.45, 2.75) is 20.8 Å². The van der Waals surface area contributed by atoms with Crippen LogP contribution in [0.5, 0.6) is 5.75 Å². The van der Waals surface area contributed by atoms with Crippen molar-refractivity contribution < 1.29 is 13.7 Å². The van der Waals surface area contributed by atoms with Crippen molar-refractivity contribution >= 4 is 33.4 Å². The Morgan fingerprint density at radius 1 is 0.969 bits per heavy atom. The maximum absolute atomic E-state index is 6.04. The maximum Gasteiger partial charge on any atom is 0.141 e. The topological polar surface area (TPSA) is 88.6 Å². The summed E-state index contributed by atoms with van der Waals surface area (Å²) in [5, 5.41) is 9.59. The number of hydrogen-bond donors (Lipinski definition) is 2. The quantitative estimate of drug-likeness (QED) is 0.385. The lowest BCUT2D eigenvalue weighted by atomic mass is 9.95. The first-order chi connectivity index (χ1) is 15.6. The van der Waals surface area contributed by atoms with Crippen molar-refractivity contribution in [2.24, 2.45) is 4.99 Å². The highest BCUT2D eigenvalue weighted by Gasteiger charge is 2.27. The van der Waals surface area contributed by atoms with E-state index in [4.69, 9.17) is 18.7 Å². The Balaban J connectivity index is 1.62. The molecule has 0 atom stereocenters. The minimum atomic E-state index is 0.488. The average molecular weight is 426 g/mol. The van der Waals surface area contributed by atoms with E-state index in [1.54, 1.807) is 7.11 Å². The maximum atomic E-state index is 6.04. The van der Waals surface area contributed by atoms with Crippen molar-refractivity contribution in [1.29, 1.82) is 0 Å². The molecule has 7 nitrogen and oxygen atoms in total. The number of ether oxygens (including phenoxy) is 1. The van der Waals surface area contributed by atoms with Gasteiger partial charge < -0.3 is 24.0 Å². The van der Waals surface area contributed by atoms with E-state index in [1.165, 1.54) is 0 Å². The largest absolute Gasteiger partial charge is 0.496 e. The fourth-order valence-corrected chi connectivity index (χ4v) is 4.78. The predicted octanol–water partition coefficient (Wildman–Crippen LogP) is 5.72. The minimum absolute atomic E-state index is 0.488. The summed E-state index contributed by atoms with van der Waals surface area (Å²) in [7, 11) is 1.68. The van der Waals surface area contributed by atoms with E-state index in [0.29, 0.717) is 6.67 Å². The molecule has 0 aliphatic carbocycles. The van der Waals surface area contributed by atoms with Gasteiger partial charge in [-0.05, 0) is 39.0 Å². The Labute approximate surface area is 184 Å². The third kappa shape index (κ3) is 2.54. The van der Waals surface area contributed by atoms with E-state index in [2.05, 4.69) is 33.7 Å². The molecule has 0 spiro atoms. The Morgan fingerprint density at radius 3 is 2.59 bits per heavy atom. The first-order valence-electron chi connectivity index (χ1n) is 10.5. The molecule has 2 aromatic carbocycles. The van der Waals surface area contributed by atoms with Crippen LogP contribution >= 0.6 is 0 Å². The molecule has 0 unspecified atom stereocenters. The third-order valence-corrected chi connectivity index (χ3v) is 6.16. The zero-order chi connectivity index (χ0) is 22.0. The van der Waals surface area contributed by atoms with Gasteiger partial charge in [-0.25, -0.2) is 0 Å². The third-order valence-electron chi connectivity index (χ3n) is 6.16. The number of methoxy groups -OCH3 is 1. The number of aryl methyl sites for hydroxylation is 3. The van der Waals surface area contributed by atoms with E-state index in [0.717, 1.165) is 78.6 Å². The van der Waals surface area contributed by atoms with Crippen LogP contribution in [0.1, 0.15) is 28.3 Å². The molecular weight excluding hydrogens is 404 g/mol. The molecule has 3 aromatic heterocycles. The second kappa shape index (κ2) is 6.75. The summed E-state index contributed by atoms with van der Waals surface area (Å²) in [5.74, 6) is 3.31. The Morgan fingerprint density at radius 2 is 1.81 bits per heavy atom. The zero-order valence-corrected chi connectivity index (χ0v) is 18.3. The van der Waals surface area contributed by atoms with Crippen LogP contribution in [0.15, 0.2) is 50.3 Å². The van der Waals surface area contributed by atoms with Crippen LogP contribution in [0, 0.1) is 20.8 Å². The second-order valence-corrected chi connectivity index (χ2v) is 8.04. The lowest BCUT2D eigenvalue weighted by Gasteiger charge is -2.16. The van der Waals surface area contributed by atoms with Gasteiger partial charge in [0.05, 0.1) is 29.6 Å². The summed E-state index contributed by atoms with van der Waals surface area (Å²) in [5.41, 5.74) is 7.53. The van der Waals surface area contributed by atoms with Crippen LogP contribution in [0.3, 0.4) is 0 Å². The lowest BCUT2D eigenvalue weighted by molar-refractivity contribution is 0.393. The van der Waals surface area contributed by atoms with E-state index in [-0.39, 0.29) is 0 Å². The molecule has 0 saturated heterocycles. The highest BCUT2D eigenvalue weighted by atomic mass is 16.5. The summed E-state index contributed by atoms with van der Waals surface area (Å²) < 4.78 is 17.3. The molecule has 0 saturated carbocycles. The molecule has 160 valence electrons. The molecule has 0 amide bonds. The van der Waals surface area contributed by atoms with Crippen molar-refractivity contribution in [3.05, 3.63) is 64.7 Å². The number of benzene rings is 2. The van der Waals surface area contributed by atoms with Gasteiger partial charge in [-0.15, -0.1) is 0 Å². The number of fused-ring (bicyclic) bond motifs is 4. The van der Waals surface area contributed by atoms with Gasteiger partial charge in [0.15, 0.2) is 0 Å². The van der Waals surface area contributed by atoms with Gasteiger partial charge in [0.2, 0.25) is 0 Å². The van der Waals surface area contributed by atoms with Crippen LogP contribution in [0.2, 0.25) is 0 Å². The van der Waals surface area contributed by atoms with Gasteiger partial charge in [0, 0.05) is 27.4 Å². The van der Waals surface area contributed by atoms with Gasteiger partial charge in [-0.1, -0.05) is 23.4 Å². The molecule has 2 N–H and O–H groups in total. The van der Waals surface area contributed by atoms with Crippen molar-refractivity contribution in [2.75, 3.05) is 19.1 Å². The molecule has 5 aromatic rings. The highest BCUT2D eigenvalue weighted by Crippen LogP contribution is 2.42. The number of aromatic amines is 1. The normalized spacial score (nSPS) is 13.3. The summed E-state index contributed by atoms with van der Waals surface area (Å²) in [6.45, 7) is 6.33. The number of anilines is 1. The smallest absolute Gasteiger partial charge is 0.141 e. The number of para-hydroxylation sites is 1. The van der Waals surface area contributed by atoms with Gasteiger partial charge in [0.1, 0.15) is 35.3 Å². The molecule has 6 rings (SSSR count). The monoisotopic (exact) mass is 426 g/mol. The molecule has 32 heavy (non-hydrogen) atoms. The summed E-state index contributed by atoms with van der Waals surface area (Å²) >= 11 is 0. The molecule has 1 aliphatic rings. The second-order valence-electron chi connectivity index (χ2n) is 8.04. The Hall–Kier alpha value is -4.00. The molecule has 0 radical (unpaired) electrons. The van der Waals surface area contributed by atoms with Crippen LogP contribution in [-0.2, 0) is 0 Å². The molecule has 4 heterocycles. The number of aliphatic imine (C=N–C) groups is 1. The van der Waals surface area contributed by atoms with Gasteiger partial charge in [-0.3, -0.25) is 4.99 Å². The van der Waals surface area contributed by atoms with Gasteiger partial charge >= 0.3 is 0 Å². The number of furan rings is 1. The summed E-state index contributed by atoms with van der Waals surface area (Å²) in [6.07, 6.45) is 0. The first-order valence-corrected chi connectivity index (χ1v) is 10.5. The minimum Gasteiger partial charge on any atom is -0.496 e. The van der Waals surface area contributed by atoms with Crippen molar-refractivity contribution in [3.8, 4) is 16.9 Å². The number of nitrogens with zero attached hydrogens (tertiary/aromatic N) is 2. The SMILES string of the molecule is COc1cc2c3c([nH]c2cc1-c1c(C)noc1C)NCN=C3c1c(C)oc2ccccc12. The molecule has 1 aliphatic heterocycles. The average Bonchev–Trinajstić information content (AvgIpc) is 3.44. The molecule has 0 fully saturated rings. The van der Waals surface area contributed by atoms with Gasteiger partial charge in [0.25, 0.3) is 0 Å². The fraction of sp³-hybridized carbons (Fsp3) is 0.200. The van der Waals surface area contributed by atoms with E-state index in [9.17, 15) is 0 Å².